The van der Waals surface area contributed by atoms with E-state index < -0.39 is 0 Å². The number of hydrogen-bond donors (Lipinski definition) is 0. The molecule has 3 aromatic heterocycles. The Morgan fingerprint density at radius 2 is 0.790 bits per heavy atom. The molecule has 13 rings (SSSR count). The zero-order chi connectivity index (χ0) is 40.7. The first kappa shape index (κ1) is 34.5. The standard InChI is InChI=1S/C57H35N5/c1-3-17-38(18-4-1)55-58-56(39-19-5-2-6-20-39)60-57(59-55)41-31-30-37-22-15-29-49(46(37)34-41)61-47-27-13-12-26-45(47)53-51(61)35-40-21-8-10-24-43(40)54(53)62-48-28-14-11-25-44(48)52-42-23-9-7-16-36(42)32-33-50(52)62/h1-35H. The smallest absolute Gasteiger partial charge is 0.164 e. The van der Waals surface area contributed by atoms with Crippen LogP contribution in [0.1, 0.15) is 0 Å². The van der Waals surface area contributed by atoms with Crippen molar-refractivity contribution in [1.82, 2.24) is 24.1 Å². The second kappa shape index (κ2) is 13.6. The van der Waals surface area contributed by atoms with Crippen molar-refractivity contribution in [1.29, 1.82) is 0 Å². The monoisotopic (exact) mass is 789 g/mol. The van der Waals surface area contributed by atoms with E-state index in [0.717, 1.165) is 44.2 Å². The Labute approximate surface area is 356 Å². The van der Waals surface area contributed by atoms with Gasteiger partial charge in [0.25, 0.3) is 0 Å². The van der Waals surface area contributed by atoms with E-state index >= 15 is 0 Å². The van der Waals surface area contributed by atoms with Crippen LogP contribution in [0.25, 0.3) is 121 Å². The van der Waals surface area contributed by atoms with E-state index in [1.165, 1.54) is 59.8 Å². The number of nitrogens with zero attached hydrogens (tertiary/aromatic N) is 5. The third-order valence-corrected chi connectivity index (χ3v) is 12.5. The molecule has 0 aliphatic rings. The Morgan fingerprint density at radius 1 is 0.274 bits per heavy atom. The van der Waals surface area contributed by atoms with Crippen molar-refractivity contribution in [3.05, 3.63) is 212 Å². The van der Waals surface area contributed by atoms with Gasteiger partial charge in [-0.1, -0.05) is 176 Å². The van der Waals surface area contributed by atoms with E-state index in [-0.39, 0.29) is 0 Å². The Kier molecular flexibility index (Phi) is 7.54. The minimum absolute atomic E-state index is 0.629. The molecule has 13 aromatic rings. The van der Waals surface area contributed by atoms with E-state index in [1.54, 1.807) is 0 Å². The summed E-state index contributed by atoms with van der Waals surface area (Å²) in [5, 5.41) is 12.0. The van der Waals surface area contributed by atoms with E-state index in [9.17, 15) is 0 Å². The lowest BCUT2D eigenvalue weighted by atomic mass is 10.0. The molecule has 0 aliphatic heterocycles. The van der Waals surface area contributed by atoms with Crippen LogP contribution in [-0.4, -0.2) is 24.1 Å². The van der Waals surface area contributed by atoms with Crippen LogP contribution in [0.15, 0.2) is 212 Å². The van der Waals surface area contributed by atoms with E-state index in [0.29, 0.717) is 17.5 Å². The summed E-state index contributed by atoms with van der Waals surface area (Å²) in [5.74, 6) is 1.91. The summed E-state index contributed by atoms with van der Waals surface area (Å²) < 4.78 is 4.99. The van der Waals surface area contributed by atoms with Gasteiger partial charge in [0.2, 0.25) is 0 Å². The fourth-order valence-corrected chi connectivity index (χ4v) is 9.77. The van der Waals surface area contributed by atoms with Gasteiger partial charge in [0.15, 0.2) is 17.5 Å². The predicted molar refractivity (Wildman–Crippen MR) is 257 cm³/mol. The normalized spacial score (nSPS) is 11.9. The maximum Gasteiger partial charge on any atom is 0.164 e. The lowest BCUT2D eigenvalue weighted by molar-refractivity contribution is 1.07. The first-order valence-electron chi connectivity index (χ1n) is 21.0. The van der Waals surface area contributed by atoms with Gasteiger partial charge in [0, 0.05) is 49.0 Å². The summed E-state index contributed by atoms with van der Waals surface area (Å²) in [4.78, 5) is 15.2. The van der Waals surface area contributed by atoms with Crippen molar-refractivity contribution >= 4 is 75.9 Å². The molecule has 0 atom stereocenters. The molecule has 0 amide bonds. The second-order valence-electron chi connectivity index (χ2n) is 16.0. The maximum absolute atomic E-state index is 5.11. The minimum atomic E-state index is 0.629. The fraction of sp³-hybridized carbons (Fsp3) is 0. The molecule has 0 fully saturated rings. The van der Waals surface area contributed by atoms with Gasteiger partial charge < -0.3 is 9.13 Å². The average molecular weight is 790 g/mol. The van der Waals surface area contributed by atoms with Crippen LogP contribution in [0.5, 0.6) is 0 Å². The summed E-state index contributed by atoms with van der Waals surface area (Å²) in [6.45, 7) is 0. The van der Waals surface area contributed by atoms with Crippen LogP contribution in [0, 0.1) is 0 Å². The van der Waals surface area contributed by atoms with Crippen molar-refractivity contribution in [2.24, 2.45) is 0 Å². The number of fused-ring (bicyclic) bond motifs is 10. The highest BCUT2D eigenvalue weighted by Crippen LogP contribution is 2.45. The molecule has 288 valence electrons. The first-order chi connectivity index (χ1) is 30.8. The van der Waals surface area contributed by atoms with Crippen molar-refractivity contribution < 1.29 is 0 Å². The Bertz CT molecular complexity index is 3860. The lowest BCUT2D eigenvalue weighted by Gasteiger charge is -2.16. The molecule has 0 spiro atoms. The molecule has 0 saturated heterocycles. The zero-order valence-electron chi connectivity index (χ0n) is 33.4. The van der Waals surface area contributed by atoms with Gasteiger partial charge in [0.05, 0.1) is 33.4 Å². The highest BCUT2D eigenvalue weighted by Gasteiger charge is 2.24. The first-order valence-corrected chi connectivity index (χ1v) is 21.0. The molecular weight excluding hydrogens is 755 g/mol. The largest absolute Gasteiger partial charge is 0.309 e. The summed E-state index contributed by atoms with van der Waals surface area (Å²) in [5.41, 5.74) is 9.74. The van der Waals surface area contributed by atoms with Crippen molar-refractivity contribution in [3.8, 4) is 45.5 Å². The van der Waals surface area contributed by atoms with Gasteiger partial charge in [-0.05, 0) is 57.9 Å². The Morgan fingerprint density at radius 3 is 1.50 bits per heavy atom. The van der Waals surface area contributed by atoms with E-state index in [4.69, 9.17) is 15.0 Å². The quantitative estimate of drug-likeness (QED) is 0.174. The summed E-state index contributed by atoms with van der Waals surface area (Å²) in [6, 6.07) is 75.8. The molecule has 62 heavy (non-hydrogen) atoms. The summed E-state index contributed by atoms with van der Waals surface area (Å²) in [7, 11) is 0. The van der Waals surface area contributed by atoms with Crippen LogP contribution in [0.4, 0.5) is 0 Å². The molecular formula is C57H35N5. The molecule has 0 unspecified atom stereocenters. The van der Waals surface area contributed by atoms with Gasteiger partial charge in [0.1, 0.15) is 0 Å². The highest BCUT2D eigenvalue weighted by atomic mass is 15.0. The SMILES string of the molecule is c1ccc(-c2nc(-c3ccccc3)nc(-c3ccc4cccc(-n5c6ccccc6c6c(-n7c8ccccc8c8c9ccccc9ccc87)c7ccccc7cc65)c4c3)n2)cc1. The molecule has 10 aromatic carbocycles. The van der Waals surface area contributed by atoms with Crippen LogP contribution in [-0.2, 0) is 0 Å². The van der Waals surface area contributed by atoms with Crippen LogP contribution in [0.3, 0.4) is 0 Å². The highest BCUT2D eigenvalue weighted by molar-refractivity contribution is 6.25. The number of benzene rings is 10. The molecule has 5 nitrogen and oxygen atoms in total. The van der Waals surface area contributed by atoms with Gasteiger partial charge in [-0.15, -0.1) is 0 Å². The predicted octanol–water partition coefficient (Wildman–Crippen LogP) is 14.5. The molecule has 0 saturated carbocycles. The molecule has 0 radical (unpaired) electrons. The van der Waals surface area contributed by atoms with Crippen LogP contribution < -0.4 is 0 Å². The summed E-state index contributed by atoms with van der Waals surface area (Å²) >= 11 is 0. The maximum atomic E-state index is 5.11. The third kappa shape index (κ3) is 5.18. The minimum Gasteiger partial charge on any atom is -0.309 e. The molecule has 0 aliphatic carbocycles. The third-order valence-electron chi connectivity index (χ3n) is 12.5. The Balaban J connectivity index is 1.11. The van der Waals surface area contributed by atoms with Crippen molar-refractivity contribution in [2.75, 3.05) is 0 Å². The van der Waals surface area contributed by atoms with E-state index in [2.05, 4.69) is 161 Å². The summed E-state index contributed by atoms with van der Waals surface area (Å²) in [6.07, 6.45) is 0. The van der Waals surface area contributed by atoms with Gasteiger partial charge in [-0.25, -0.2) is 15.0 Å². The van der Waals surface area contributed by atoms with Gasteiger partial charge in [-0.2, -0.15) is 0 Å². The molecule has 0 bridgehead atoms. The number of aromatic nitrogens is 5. The number of hydrogen-bond acceptors (Lipinski definition) is 3. The van der Waals surface area contributed by atoms with Crippen molar-refractivity contribution in [3.63, 3.8) is 0 Å². The zero-order valence-corrected chi connectivity index (χ0v) is 33.4. The second-order valence-corrected chi connectivity index (χ2v) is 16.0. The van der Waals surface area contributed by atoms with E-state index in [1.807, 2.05) is 60.7 Å². The number of rotatable bonds is 5. The lowest BCUT2D eigenvalue weighted by Crippen LogP contribution is -2.01. The van der Waals surface area contributed by atoms with Gasteiger partial charge >= 0.3 is 0 Å². The molecule has 3 heterocycles. The Hall–Kier alpha value is -8.41. The van der Waals surface area contributed by atoms with Crippen LogP contribution in [0.2, 0.25) is 0 Å². The topological polar surface area (TPSA) is 48.5 Å². The fourth-order valence-electron chi connectivity index (χ4n) is 9.77. The van der Waals surface area contributed by atoms with Gasteiger partial charge in [-0.3, -0.25) is 0 Å². The van der Waals surface area contributed by atoms with Crippen molar-refractivity contribution in [2.45, 2.75) is 0 Å². The molecule has 0 N–H and O–H groups in total. The average Bonchev–Trinajstić information content (AvgIpc) is 3.86. The molecule has 5 heteroatoms. The van der Waals surface area contributed by atoms with Crippen LogP contribution >= 0.6 is 0 Å². The number of para-hydroxylation sites is 2.